The average Bonchev–Trinajstić information content (AvgIpc) is 2.17. The van der Waals surface area contributed by atoms with Crippen molar-refractivity contribution in [3.63, 3.8) is 0 Å². The predicted molar refractivity (Wildman–Crippen MR) is 52.3 cm³/mol. The molecule has 0 fully saturated rings. The summed E-state index contributed by atoms with van der Waals surface area (Å²) in [6.07, 6.45) is 0. The highest BCUT2D eigenvalue weighted by atomic mass is 16.5. The maximum Gasteiger partial charge on any atom is 0.343 e. The molecule has 0 saturated carbocycles. The van der Waals surface area contributed by atoms with E-state index in [1.54, 1.807) is 6.07 Å². The summed E-state index contributed by atoms with van der Waals surface area (Å²) in [5.74, 6) is -0.835. The number of rotatable bonds is 1. The summed E-state index contributed by atoms with van der Waals surface area (Å²) in [6.45, 7) is 1.51. The van der Waals surface area contributed by atoms with Gasteiger partial charge in [-0.25, -0.2) is 4.79 Å². The highest BCUT2D eigenvalue weighted by Crippen LogP contribution is 2.08. The molecule has 1 rings (SSSR count). The molecule has 3 N–H and O–H groups in total. The first-order valence-corrected chi connectivity index (χ1v) is 4.03. The Morgan fingerprint density at radius 2 is 2.20 bits per heavy atom. The van der Waals surface area contributed by atoms with Crippen LogP contribution in [0.5, 0.6) is 0 Å². The third kappa shape index (κ3) is 1.67. The van der Waals surface area contributed by atoms with Crippen molar-refractivity contribution in [3.8, 4) is 6.07 Å². The minimum atomic E-state index is -0.787. The molecule has 78 valence electrons. The van der Waals surface area contributed by atoms with Crippen LogP contribution in [0.2, 0.25) is 0 Å². The number of hydrogen-bond acceptors (Lipinski definition) is 5. The maximum atomic E-state index is 11.6. The standard InChI is InChI=1S/C9H9N3O3/c1-4-6(9(14)15-2)7(13)5(3-10)8(11)12-4/h1-2H3,(H3,11,12,13). The van der Waals surface area contributed by atoms with Crippen LogP contribution >= 0.6 is 0 Å². The van der Waals surface area contributed by atoms with Crippen molar-refractivity contribution in [1.29, 1.82) is 5.26 Å². The second-order valence-electron chi connectivity index (χ2n) is 2.85. The number of carbonyl (C=O) groups excluding carboxylic acids is 1. The SMILES string of the molecule is COC(=O)c1c(C)[nH]c(N)c(C#N)c1=O. The Morgan fingerprint density at radius 3 is 2.67 bits per heavy atom. The number of ether oxygens (including phenoxy) is 1. The Balaban J connectivity index is 3.62. The van der Waals surface area contributed by atoms with E-state index >= 15 is 0 Å². The van der Waals surface area contributed by atoms with Crippen LogP contribution < -0.4 is 11.2 Å². The monoisotopic (exact) mass is 207 g/mol. The molecule has 6 heteroatoms. The van der Waals surface area contributed by atoms with Crippen molar-refractivity contribution in [2.24, 2.45) is 0 Å². The van der Waals surface area contributed by atoms with Gasteiger partial charge in [0.1, 0.15) is 23.0 Å². The minimum absolute atomic E-state index is 0.0485. The molecule has 0 aliphatic rings. The Morgan fingerprint density at radius 1 is 1.60 bits per heavy atom. The van der Waals surface area contributed by atoms with Crippen molar-refractivity contribution < 1.29 is 9.53 Å². The molecule has 0 aliphatic carbocycles. The number of anilines is 1. The summed E-state index contributed by atoms with van der Waals surface area (Å²) in [4.78, 5) is 25.4. The van der Waals surface area contributed by atoms with Gasteiger partial charge in [0.2, 0.25) is 5.43 Å². The van der Waals surface area contributed by atoms with Crippen LogP contribution in [0, 0.1) is 18.3 Å². The van der Waals surface area contributed by atoms with Crippen LogP contribution in [-0.4, -0.2) is 18.1 Å². The van der Waals surface area contributed by atoms with Crippen LogP contribution in [0.3, 0.4) is 0 Å². The Hall–Kier alpha value is -2.29. The number of esters is 1. The van der Waals surface area contributed by atoms with Gasteiger partial charge >= 0.3 is 5.97 Å². The van der Waals surface area contributed by atoms with Crippen molar-refractivity contribution in [2.45, 2.75) is 6.92 Å². The van der Waals surface area contributed by atoms with Gasteiger partial charge in [-0.15, -0.1) is 0 Å². The van der Waals surface area contributed by atoms with Gasteiger partial charge < -0.3 is 15.5 Å². The number of aryl methyl sites for hydroxylation is 1. The fourth-order valence-corrected chi connectivity index (χ4v) is 1.20. The molecule has 0 saturated heterocycles. The van der Waals surface area contributed by atoms with Crippen LogP contribution in [0.15, 0.2) is 4.79 Å². The molecule has 0 bridgehead atoms. The molecule has 0 unspecified atom stereocenters. The van der Waals surface area contributed by atoms with Crippen LogP contribution in [-0.2, 0) is 4.74 Å². The molecule has 15 heavy (non-hydrogen) atoms. The quantitative estimate of drug-likeness (QED) is 0.626. The number of nitriles is 1. The molecular formula is C9H9N3O3. The van der Waals surface area contributed by atoms with Gasteiger partial charge in [-0.2, -0.15) is 5.26 Å². The van der Waals surface area contributed by atoms with E-state index in [9.17, 15) is 9.59 Å². The van der Waals surface area contributed by atoms with Crippen molar-refractivity contribution >= 4 is 11.8 Å². The van der Waals surface area contributed by atoms with Gasteiger partial charge in [-0.05, 0) is 6.92 Å². The first-order chi connectivity index (χ1) is 7.02. The molecule has 0 amide bonds. The van der Waals surface area contributed by atoms with Crippen LogP contribution in [0.1, 0.15) is 21.6 Å². The molecule has 1 aromatic rings. The Bertz CT molecular complexity index is 511. The van der Waals surface area contributed by atoms with E-state index in [0.29, 0.717) is 0 Å². The zero-order valence-electron chi connectivity index (χ0n) is 8.25. The summed E-state index contributed by atoms with van der Waals surface area (Å²) in [5, 5.41) is 8.67. The van der Waals surface area contributed by atoms with Gasteiger partial charge in [0.15, 0.2) is 0 Å². The van der Waals surface area contributed by atoms with E-state index < -0.39 is 11.4 Å². The molecular weight excluding hydrogens is 198 g/mol. The van der Waals surface area contributed by atoms with E-state index in [-0.39, 0.29) is 22.6 Å². The largest absolute Gasteiger partial charge is 0.465 e. The molecule has 1 heterocycles. The number of nitrogens with one attached hydrogen (secondary N) is 1. The maximum absolute atomic E-state index is 11.6. The van der Waals surface area contributed by atoms with Crippen molar-refractivity contribution in [3.05, 3.63) is 27.0 Å². The fraction of sp³-hybridized carbons (Fsp3) is 0.222. The van der Waals surface area contributed by atoms with Crippen molar-refractivity contribution in [2.75, 3.05) is 12.8 Å². The van der Waals surface area contributed by atoms with E-state index in [1.165, 1.54) is 6.92 Å². The summed E-state index contributed by atoms with van der Waals surface area (Å²) in [6, 6.07) is 1.63. The number of pyridine rings is 1. The van der Waals surface area contributed by atoms with E-state index in [2.05, 4.69) is 9.72 Å². The average molecular weight is 207 g/mol. The highest BCUT2D eigenvalue weighted by molar-refractivity contribution is 5.91. The normalized spacial score (nSPS) is 9.40. The summed E-state index contributed by atoms with van der Waals surface area (Å²) < 4.78 is 4.43. The van der Waals surface area contributed by atoms with Gasteiger partial charge in [0, 0.05) is 5.69 Å². The third-order valence-corrected chi connectivity index (χ3v) is 1.92. The molecule has 0 aromatic carbocycles. The number of hydrogen-bond donors (Lipinski definition) is 2. The number of methoxy groups -OCH3 is 1. The number of nitrogens with zero attached hydrogens (tertiary/aromatic N) is 1. The van der Waals surface area contributed by atoms with E-state index in [0.717, 1.165) is 7.11 Å². The number of aromatic amines is 1. The topological polar surface area (TPSA) is 109 Å². The summed E-state index contributed by atoms with van der Waals surface area (Å²) in [5.41, 5.74) is 4.52. The number of nitrogen functional groups attached to an aromatic ring is 1. The number of carbonyl (C=O) groups is 1. The second kappa shape index (κ2) is 3.84. The zero-order chi connectivity index (χ0) is 11.6. The Kier molecular flexibility index (Phi) is 2.76. The van der Waals surface area contributed by atoms with Gasteiger partial charge in [-0.1, -0.05) is 0 Å². The first-order valence-electron chi connectivity index (χ1n) is 4.03. The van der Waals surface area contributed by atoms with Gasteiger partial charge in [0.05, 0.1) is 7.11 Å². The predicted octanol–water partition coefficient (Wildman–Crippen LogP) is -0.0762. The second-order valence-corrected chi connectivity index (χ2v) is 2.85. The summed E-state index contributed by atoms with van der Waals surface area (Å²) >= 11 is 0. The molecule has 0 radical (unpaired) electrons. The lowest BCUT2D eigenvalue weighted by molar-refractivity contribution is 0.0598. The van der Waals surface area contributed by atoms with Crippen LogP contribution in [0.4, 0.5) is 5.82 Å². The van der Waals surface area contributed by atoms with Gasteiger partial charge in [0.25, 0.3) is 0 Å². The molecule has 6 nitrogen and oxygen atoms in total. The molecule has 0 spiro atoms. The zero-order valence-corrected chi connectivity index (χ0v) is 8.25. The lowest BCUT2D eigenvalue weighted by atomic mass is 10.1. The lowest BCUT2D eigenvalue weighted by Gasteiger charge is -2.05. The molecule has 0 atom stereocenters. The number of nitrogens with two attached hydrogens (primary N) is 1. The number of aromatic nitrogens is 1. The minimum Gasteiger partial charge on any atom is -0.465 e. The lowest BCUT2D eigenvalue weighted by Crippen LogP contribution is -2.23. The first kappa shape index (κ1) is 10.8. The fourth-order valence-electron chi connectivity index (χ4n) is 1.20. The van der Waals surface area contributed by atoms with Crippen molar-refractivity contribution in [1.82, 2.24) is 4.98 Å². The number of H-pyrrole nitrogens is 1. The highest BCUT2D eigenvalue weighted by Gasteiger charge is 2.19. The smallest absolute Gasteiger partial charge is 0.343 e. The van der Waals surface area contributed by atoms with Crippen LogP contribution in [0.25, 0.3) is 0 Å². The van der Waals surface area contributed by atoms with E-state index in [1.807, 2.05) is 0 Å². The Labute approximate surface area is 85.3 Å². The van der Waals surface area contributed by atoms with Gasteiger partial charge in [-0.3, -0.25) is 4.79 Å². The van der Waals surface area contributed by atoms with E-state index in [4.69, 9.17) is 11.0 Å². The third-order valence-electron chi connectivity index (χ3n) is 1.92. The molecule has 0 aliphatic heterocycles. The summed E-state index contributed by atoms with van der Waals surface area (Å²) in [7, 11) is 1.16. The molecule has 1 aromatic heterocycles.